The third kappa shape index (κ3) is 3.55. The Bertz CT molecular complexity index is 658. The molecule has 0 N–H and O–H groups in total. The Balaban J connectivity index is 1.42. The molecule has 0 radical (unpaired) electrons. The third-order valence-electron chi connectivity index (χ3n) is 5.39. The van der Waals surface area contributed by atoms with Crippen LogP contribution < -0.4 is 0 Å². The van der Waals surface area contributed by atoms with E-state index in [1.165, 1.54) is 61.6 Å². The minimum absolute atomic E-state index is 0.499. The van der Waals surface area contributed by atoms with E-state index in [4.69, 9.17) is 0 Å². The number of piperidine rings is 1. The predicted molar refractivity (Wildman–Crippen MR) is 97.1 cm³/mol. The van der Waals surface area contributed by atoms with Crippen molar-refractivity contribution < 1.29 is 0 Å². The average Bonchev–Trinajstić information content (AvgIpc) is 3.23. The quantitative estimate of drug-likeness (QED) is 0.834. The summed E-state index contributed by atoms with van der Waals surface area (Å²) in [5.41, 5.74) is 4.50. The molecule has 2 aromatic rings. The lowest BCUT2D eigenvalue weighted by molar-refractivity contribution is 0.143. The van der Waals surface area contributed by atoms with Gasteiger partial charge >= 0.3 is 0 Å². The van der Waals surface area contributed by atoms with Gasteiger partial charge in [-0.25, -0.2) is 4.98 Å². The first kappa shape index (κ1) is 16.2. The van der Waals surface area contributed by atoms with Crippen molar-refractivity contribution in [1.82, 2.24) is 24.6 Å². The number of fused-ring (bicyclic) bond motifs is 1. The molecule has 1 unspecified atom stereocenters. The monoisotopic (exact) mass is 345 g/mol. The van der Waals surface area contributed by atoms with Crippen LogP contribution in [0.2, 0.25) is 0 Å². The molecule has 6 heteroatoms. The molecule has 0 aliphatic carbocycles. The van der Waals surface area contributed by atoms with Crippen LogP contribution in [0, 0.1) is 6.92 Å². The van der Waals surface area contributed by atoms with Gasteiger partial charge in [0.15, 0.2) is 0 Å². The number of thiazole rings is 1. The second-order valence-electron chi connectivity index (χ2n) is 7.14. The van der Waals surface area contributed by atoms with E-state index in [0.29, 0.717) is 6.04 Å². The Labute approximate surface area is 148 Å². The highest BCUT2D eigenvalue weighted by Gasteiger charge is 2.26. The lowest BCUT2D eigenvalue weighted by Gasteiger charge is -2.35. The zero-order chi connectivity index (χ0) is 16.4. The van der Waals surface area contributed by atoms with Crippen LogP contribution in [-0.2, 0) is 13.1 Å². The molecule has 4 rings (SSSR count). The predicted octanol–water partition coefficient (Wildman–Crippen LogP) is 3.08. The molecule has 1 saturated heterocycles. The number of aromatic nitrogens is 3. The number of hydrogen-bond donors (Lipinski definition) is 0. The minimum atomic E-state index is 0.499. The van der Waals surface area contributed by atoms with Crippen molar-refractivity contribution in [3.8, 4) is 0 Å². The summed E-state index contributed by atoms with van der Waals surface area (Å²) in [6.45, 7) is 9.00. The van der Waals surface area contributed by atoms with Crippen LogP contribution in [0.4, 0.5) is 0 Å². The Kier molecular flexibility index (Phi) is 4.96. The number of rotatable bonds is 5. The summed E-state index contributed by atoms with van der Waals surface area (Å²) in [4.78, 5) is 11.0. The molecule has 2 aliphatic heterocycles. The molecular weight excluding hydrogens is 318 g/mol. The summed E-state index contributed by atoms with van der Waals surface area (Å²) < 4.78 is 2.28. The molecule has 1 atom stereocenters. The van der Waals surface area contributed by atoms with Gasteiger partial charge in [0, 0.05) is 37.3 Å². The second kappa shape index (κ2) is 7.33. The zero-order valence-electron chi connectivity index (χ0n) is 14.5. The molecule has 0 saturated carbocycles. The first-order chi connectivity index (χ1) is 11.8. The van der Waals surface area contributed by atoms with Crippen molar-refractivity contribution in [2.24, 2.45) is 0 Å². The van der Waals surface area contributed by atoms with Gasteiger partial charge in [-0.15, -0.1) is 11.3 Å². The van der Waals surface area contributed by atoms with Gasteiger partial charge in [-0.05, 0) is 45.3 Å². The third-order valence-corrected chi connectivity index (χ3v) is 6.31. The second-order valence-corrected chi connectivity index (χ2v) is 8.08. The van der Waals surface area contributed by atoms with Crippen molar-refractivity contribution in [1.29, 1.82) is 0 Å². The van der Waals surface area contributed by atoms with Gasteiger partial charge in [0.25, 0.3) is 0 Å². The Hall–Kier alpha value is -1.24. The maximum atomic E-state index is 4.61. The molecule has 130 valence electrons. The fraction of sp³-hybridized carbons (Fsp3) is 0.667. The van der Waals surface area contributed by atoms with E-state index in [0.717, 1.165) is 19.6 Å². The van der Waals surface area contributed by atoms with E-state index in [2.05, 4.69) is 37.6 Å². The van der Waals surface area contributed by atoms with E-state index in [1.54, 1.807) is 11.3 Å². The fourth-order valence-electron chi connectivity index (χ4n) is 3.99. The van der Waals surface area contributed by atoms with Crippen LogP contribution in [0.3, 0.4) is 0 Å². The van der Waals surface area contributed by atoms with Crippen LogP contribution in [0.1, 0.15) is 48.0 Å². The molecule has 0 aromatic carbocycles. The fourth-order valence-corrected chi connectivity index (χ4v) is 4.81. The highest BCUT2D eigenvalue weighted by atomic mass is 32.1. The van der Waals surface area contributed by atoms with E-state index in [1.807, 2.05) is 11.7 Å². The van der Waals surface area contributed by atoms with Gasteiger partial charge in [0.05, 0.1) is 22.9 Å². The molecule has 24 heavy (non-hydrogen) atoms. The van der Waals surface area contributed by atoms with Gasteiger partial charge in [-0.2, -0.15) is 5.10 Å². The van der Waals surface area contributed by atoms with Crippen molar-refractivity contribution in [3.63, 3.8) is 0 Å². The summed E-state index contributed by atoms with van der Waals surface area (Å²) in [5.74, 6) is 0. The molecule has 1 fully saturated rings. The Morgan fingerprint density at radius 1 is 1.21 bits per heavy atom. The molecular formula is C18H27N5S. The van der Waals surface area contributed by atoms with Gasteiger partial charge < -0.3 is 4.90 Å². The minimum Gasteiger partial charge on any atom is -0.303 e. The summed E-state index contributed by atoms with van der Waals surface area (Å²) in [7, 11) is 0. The summed E-state index contributed by atoms with van der Waals surface area (Å²) >= 11 is 1.78. The van der Waals surface area contributed by atoms with E-state index in [-0.39, 0.29) is 0 Å². The number of aryl methyl sites for hydroxylation is 1. The van der Waals surface area contributed by atoms with Gasteiger partial charge in [-0.1, -0.05) is 6.42 Å². The first-order valence-electron chi connectivity index (χ1n) is 9.15. The van der Waals surface area contributed by atoms with Crippen molar-refractivity contribution >= 4 is 11.3 Å². The van der Waals surface area contributed by atoms with E-state index in [9.17, 15) is 0 Å². The summed E-state index contributed by atoms with van der Waals surface area (Å²) in [6, 6.07) is 2.68. The van der Waals surface area contributed by atoms with Crippen molar-refractivity contribution in [2.75, 3.05) is 26.2 Å². The lowest BCUT2D eigenvalue weighted by atomic mass is 10.1. The maximum absolute atomic E-state index is 4.61. The highest BCUT2D eigenvalue weighted by molar-refractivity contribution is 7.09. The SMILES string of the molecule is Cc1ncsc1CN1Cc2ccnn2C(CCN2CCCCC2)C1. The largest absolute Gasteiger partial charge is 0.303 e. The Morgan fingerprint density at radius 3 is 2.88 bits per heavy atom. The molecule has 0 amide bonds. The van der Waals surface area contributed by atoms with Crippen LogP contribution in [-0.4, -0.2) is 50.7 Å². The number of nitrogens with zero attached hydrogens (tertiary/aromatic N) is 5. The maximum Gasteiger partial charge on any atom is 0.0798 e. The smallest absolute Gasteiger partial charge is 0.0798 e. The summed E-state index contributed by atoms with van der Waals surface area (Å²) in [5, 5.41) is 4.61. The van der Waals surface area contributed by atoms with E-state index < -0.39 is 0 Å². The highest BCUT2D eigenvalue weighted by Crippen LogP contribution is 2.26. The lowest BCUT2D eigenvalue weighted by Crippen LogP contribution is -2.39. The van der Waals surface area contributed by atoms with Crippen LogP contribution >= 0.6 is 11.3 Å². The van der Waals surface area contributed by atoms with Crippen molar-refractivity contribution in [3.05, 3.63) is 34.0 Å². The zero-order valence-corrected chi connectivity index (χ0v) is 15.3. The molecule has 0 bridgehead atoms. The molecule has 5 nitrogen and oxygen atoms in total. The van der Waals surface area contributed by atoms with Crippen LogP contribution in [0.5, 0.6) is 0 Å². The standard InChI is InChI=1S/C18H27N5S/c1-15-18(24-14-19-15)13-22-11-16-5-7-20-23(16)17(12-22)6-10-21-8-3-2-4-9-21/h5,7,14,17H,2-4,6,8-13H2,1H3. The van der Waals surface area contributed by atoms with Crippen LogP contribution in [0.25, 0.3) is 0 Å². The average molecular weight is 346 g/mol. The molecule has 2 aliphatic rings. The molecule has 4 heterocycles. The molecule has 0 spiro atoms. The first-order valence-corrected chi connectivity index (χ1v) is 10.0. The normalized spacial score (nSPS) is 22.6. The number of likely N-dealkylation sites (tertiary alicyclic amines) is 1. The summed E-state index contributed by atoms with van der Waals surface area (Å²) in [6.07, 6.45) is 7.31. The van der Waals surface area contributed by atoms with Crippen molar-refractivity contribution in [2.45, 2.75) is 51.7 Å². The van der Waals surface area contributed by atoms with Gasteiger partial charge in [-0.3, -0.25) is 9.58 Å². The number of hydrogen-bond acceptors (Lipinski definition) is 5. The topological polar surface area (TPSA) is 37.2 Å². The van der Waals surface area contributed by atoms with Gasteiger partial charge in [0.1, 0.15) is 0 Å². The van der Waals surface area contributed by atoms with E-state index >= 15 is 0 Å². The van der Waals surface area contributed by atoms with Gasteiger partial charge in [0.2, 0.25) is 0 Å². The molecule has 2 aromatic heterocycles. The Morgan fingerprint density at radius 2 is 2.08 bits per heavy atom. The van der Waals surface area contributed by atoms with Crippen LogP contribution in [0.15, 0.2) is 17.8 Å².